The first-order valence-electron chi connectivity index (χ1n) is 7.99. The number of benzene rings is 1. The number of hydrogen-bond acceptors (Lipinski definition) is 4. The molecule has 0 spiro atoms. The summed E-state index contributed by atoms with van der Waals surface area (Å²) in [6, 6.07) is 6.04. The van der Waals surface area contributed by atoms with Gasteiger partial charge >= 0.3 is 0 Å². The van der Waals surface area contributed by atoms with Gasteiger partial charge in [0.05, 0.1) is 5.41 Å². The van der Waals surface area contributed by atoms with Gasteiger partial charge < -0.3 is 20.1 Å². The molecule has 1 fully saturated rings. The summed E-state index contributed by atoms with van der Waals surface area (Å²) >= 11 is 0. The molecule has 0 saturated carbocycles. The maximum Gasteiger partial charge on any atom is 0.230 e. The van der Waals surface area contributed by atoms with Crippen molar-refractivity contribution in [1.82, 2.24) is 10.6 Å². The van der Waals surface area contributed by atoms with Crippen molar-refractivity contribution in [2.45, 2.75) is 38.1 Å². The van der Waals surface area contributed by atoms with Gasteiger partial charge in [-0.25, -0.2) is 0 Å². The molecule has 0 atom stereocenters. The van der Waals surface area contributed by atoms with Crippen LogP contribution in [0.1, 0.15) is 32.3 Å². The van der Waals surface area contributed by atoms with Crippen molar-refractivity contribution in [3.8, 4) is 11.5 Å². The maximum atomic E-state index is 12.7. The standard InChI is InChI=1S/C17H24N2O3/c1-17(2,16(20)19-13-5-7-18-8-6-13)12-3-4-14-15(11-12)22-10-9-21-14/h3-4,11,13,18H,5-10H2,1-2H3,(H,19,20). The Kier molecular flexibility index (Phi) is 4.25. The third-order valence-electron chi connectivity index (χ3n) is 4.51. The smallest absolute Gasteiger partial charge is 0.230 e. The van der Waals surface area contributed by atoms with Gasteiger partial charge in [0.2, 0.25) is 5.91 Å². The minimum atomic E-state index is -0.597. The quantitative estimate of drug-likeness (QED) is 0.890. The van der Waals surface area contributed by atoms with Crippen LogP contribution in [0.15, 0.2) is 18.2 Å². The van der Waals surface area contributed by atoms with Crippen LogP contribution in [0, 0.1) is 0 Å². The first-order valence-corrected chi connectivity index (χ1v) is 7.99. The van der Waals surface area contributed by atoms with E-state index in [0.717, 1.165) is 43.0 Å². The van der Waals surface area contributed by atoms with Crippen LogP contribution in [0.25, 0.3) is 0 Å². The minimum absolute atomic E-state index is 0.0658. The van der Waals surface area contributed by atoms with Crippen LogP contribution in [0.3, 0.4) is 0 Å². The molecule has 5 nitrogen and oxygen atoms in total. The number of fused-ring (bicyclic) bond motifs is 1. The predicted octanol–water partition coefficient (Wildman–Crippen LogP) is 1.60. The van der Waals surface area contributed by atoms with Crippen molar-refractivity contribution in [2.24, 2.45) is 0 Å². The maximum absolute atomic E-state index is 12.7. The summed E-state index contributed by atoms with van der Waals surface area (Å²) in [6.45, 7) is 6.97. The predicted molar refractivity (Wildman–Crippen MR) is 84.5 cm³/mol. The van der Waals surface area contributed by atoms with Crippen LogP contribution in [-0.2, 0) is 10.2 Å². The number of ether oxygens (including phenoxy) is 2. The highest BCUT2D eigenvalue weighted by molar-refractivity contribution is 5.87. The lowest BCUT2D eigenvalue weighted by Crippen LogP contribution is -2.48. The molecule has 0 aromatic heterocycles. The fourth-order valence-electron chi connectivity index (χ4n) is 2.90. The largest absolute Gasteiger partial charge is 0.486 e. The number of amides is 1. The van der Waals surface area contributed by atoms with Crippen molar-refractivity contribution in [2.75, 3.05) is 26.3 Å². The van der Waals surface area contributed by atoms with Crippen molar-refractivity contribution in [3.05, 3.63) is 23.8 Å². The summed E-state index contributed by atoms with van der Waals surface area (Å²) < 4.78 is 11.2. The molecule has 1 amide bonds. The Balaban J connectivity index is 1.74. The molecule has 2 N–H and O–H groups in total. The third-order valence-corrected chi connectivity index (χ3v) is 4.51. The lowest BCUT2D eigenvalue weighted by molar-refractivity contribution is -0.126. The summed E-state index contributed by atoms with van der Waals surface area (Å²) in [5, 5.41) is 6.50. The van der Waals surface area contributed by atoms with Crippen LogP contribution < -0.4 is 20.1 Å². The molecule has 1 aromatic rings. The van der Waals surface area contributed by atoms with Gasteiger partial charge in [0, 0.05) is 6.04 Å². The Labute approximate surface area is 131 Å². The summed E-state index contributed by atoms with van der Waals surface area (Å²) in [6.07, 6.45) is 1.98. The highest BCUT2D eigenvalue weighted by Crippen LogP contribution is 2.35. The number of hydrogen-bond donors (Lipinski definition) is 2. The fourth-order valence-corrected chi connectivity index (χ4v) is 2.90. The van der Waals surface area contributed by atoms with E-state index in [1.165, 1.54) is 0 Å². The van der Waals surface area contributed by atoms with Gasteiger partial charge in [0.25, 0.3) is 0 Å². The number of carbonyl (C=O) groups is 1. The first-order chi connectivity index (χ1) is 10.6. The molecule has 120 valence electrons. The topological polar surface area (TPSA) is 59.6 Å². The highest BCUT2D eigenvalue weighted by Gasteiger charge is 2.32. The summed E-state index contributed by atoms with van der Waals surface area (Å²) in [5.74, 6) is 1.55. The van der Waals surface area contributed by atoms with Crippen molar-refractivity contribution in [3.63, 3.8) is 0 Å². The third kappa shape index (κ3) is 3.04. The van der Waals surface area contributed by atoms with Gasteiger partial charge in [-0.3, -0.25) is 4.79 Å². The normalized spacial score (nSPS) is 18.8. The molecule has 1 saturated heterocycles. The van der Waals surface area contributed by atoms with E-state index in [1.54, 1.807) is 0 Å². The molecule has 0 aliphatic carbocycles. The van der Waals surface area contributed by atoms with E-state index in [1.807, 2.05) is 32.0 Å². The SMILES string of the molecule is CC(C)(C(=O)NC1CCNCC1)c1ccc2c(c1)OCCO2. The number of piperidine rings is 1. The Bertz CT molecular complexity index is 551. The summed E-state index contributed by atoms with van der Waals surface area (Å²) in [5.41, 5.74) is 0.351. The van der Waals surface area contributed by atoms with Crippen LogP contribution in [0.2, 0.25) is 0 Å². The number of nitrogens with one attached hydrogen (secondary N) is 2. The molecule has 2 aliphatic heterocycles. The molecule has 22 heavy (non-hydrogen) atoms. The van der Waals surface area contributed by atoms with Crippen molar-refractivity contribution < 1.29 is 14.3 Å². The first kappa shape index (κ1) is 15.2. The van der Waals surface area contributed by atoms with Gasteiger partial charge in [-0.05, 0) is 57.5 Å². The van der Waals surface area contributed by atoms with Crippen molar-refractivity contribution in [1.29, 1.82) is 0 Å². The molecule has 1 aromatic carbocycles. The highest BCUT2D eigenvalue weighted by atomic mass is 16.6. The zero-order valence-corrected chi connectivity index (χ0v) is 13.3. The van der Waals surface area contributed by atoms with Gasteiger partial charge in [0.15, 0.2) is 11.5 Å². The summed E-state index contributed by atoms with van der Waals surface area (Å²) in [4.78, 5) is 12.7. The Morgan fingerprint density at radius 3 is 2.59 bits per heavy atom. The van der Waals surface area contributed by atoms with Crippen LogP contribution >= 0.6 is 0 Å². The van der Waals surface area contributed by atoms with Crippen LogP contribution in [-0.4, -0.2) is 38.3 Å². The molecular weight excluding hydrogens is 280 g/mol. The minimum Gasteiger partial charge on any atom is -0.486 e. The molecule has 2 aliphatic rings. The van der Waals surface area contributed by atoms with Gasteiger partial charge in [0.1, 0.15) is 13.2 Å². The Morgan fingerprint density at radius 1 is 1.18 bits per heavy atom. The molecule has 0 bridgehead atoms. The molecular formula is C17H24N2O3. The van der Waals surface area contributed by atoms with Gasteiger partial charge in [-0.2, -0.15) is 0 Å². The molecule has 0 radical (unpaired) electrons. The zero-order valence-electron chi connectivity index (χ0n) is 13.3. The molecule has 2 heterocycles. The fraction of sp³-hybridized carbons (Fsp3) is 0.588. The molecule has 5 heteroatoms. The number of rotatable bonds is 3. The van der Waals surface area contributed by atoms with E-state index in [-0.39, 0.29) is 11.9 Å². The van der Waals surface area contributed by atoms with Gasteiger partial charge in [-0.1, -0.05) is 6.07 Å². The van der Waals surface area contributed by atoms with E-state index >= 15 is 0 Å². The lowest BCUT2D eigenvalue weighted by Gasteiger charge is -2.30. The second kappa shape index (κ2) is 6.16. The second-order valence-corrected chi connectivity index (χ2v) is 6.48. The van der Waals surface area contributed by atoms with E-state index in [4.69, 9.17) is 9.47 Å². The Morgan fingerprint density at radius 2 is 1.86 bits per heavy atom. The van der Waals surface area contributed by atoms with Crippen molar-refractivity contribution >= 4 is 5.91 Å². The van der Waals surface area contributed by atoms with Crippen LogP contribution in [0.5, 0.6) is 11.5 Å². The van der Waals surface area contributed by atoms with Crippen LogP contribution in [0.4, 0.5) is 0 Å². The van der Waals surface area contributed by atoms with E-state index in [0.29, 0.717) is 13.2 Å². The van der Waals surface area contributed by atoms with Gasteiger partial charge in [-0.15, -0.1) is 0 Å². The summed E-state index contributed by atoms with van der Waals surface area (Å²) in [7, 11) is 0. The average Bonchev–Trinajstić information content (AvgIpc) is 2.55. The second-order valence-electron chi connectivity index (χ2n) is 6.48. The number of carbonyl (C=O) groups excluding carboxylic acids is 1. The van der Waals surface area contributed by atoms with E-state index < -0.39 is 5.41 Å². The lowest BCUT2D eigenvalue weighted by atomic mass is 9.83. The van der Waals surface area contributed by atoms with E-state index in [9.17, 15) is 4.79 Å². The monoisotopic (exact) mass is 304 g/mol. The molecule has 0 unspecified atom stereocenters. The van der Waals surface area contributed by atoms with E-state index in [2.05, 4.69) is 10.6 Å². The molecule has 3 rings (SSSR count). The zero-order chi connectivity index (χ0) is 15.6. The average molecular weight is 304 g/mol. The Hall–Kier alpha value is -1.75.